The molecule has 0 radical (unpaired) electrons. The molecule has 20 heavy (non-hydrogen) atoms. The molecule has 0 aliphatic rings. The summed E-state index contributed by atoms with van der Waals surface area (Å²) in [6, 6.07) is 20.6. The Hall–Kier alpha value is -2.66. The van der Waals surface area contributed by atoms with Crippen molar-refractivity contribution >= 4 is 10.9 Å². The molecule has 2 aromatic carbocycles. The summed E-state index contributed by atoms with van der Waals surface area (Å²) >= 11 is 0. The molecule has 0 bridgehead atoms. The molecule has 0 N–H and O–H groups in total. The molecular formula is C18H15N2+. The van der Waals surface area contributed by atoms with Crippen LogP contribution >= 0.6 is 0 Å². The first-order valence-corrected chi connectivity index (χ1v) is 6.59. The predicted octanol–water partition coefficient (Wildman–Crippen LogP) is 3.51. The number of hydrogen-bond donors (Lipinski definition) is 0. The maximum absolute atomic E-state index is 9.08. The van der Waals surface area contributed by atoms with E-state index in [-0.39, 0.29) is 0 Å². The van der Waals surface area contributed by atoms with Gasteiger partial charge in [0.05, 0.1) is 17.2 Å². The lowest BCUT2D eigenvalue weighted by Crippen LogP contribution is -2.32. The molecule has 3 rings (SSSR count). The minimum atomic E-state index is 0.693. The number of pyridine rings is 1. The van der Waals surface area contributed by atoms with Gasteiger partial charge in [0.1, 0.15) is 7.05 Å². The molecule has 0 unspecified atom stereocenters. The van der Waals surface area contributed by atoms with Crippen molar-refractivity contribution in [2.24, 2.45) is 7.05 Å². The van der Waals surface area contributed by atoms with Crippen LogP contribution in [0.4, 0.5) is 0 Å². The molecule has 1 aromatic heterocycles. The first-order valence-electron chi connectivity index (χ1n) is 6.59. The van der Waals surface area contributed by atoms with Crippen molar-refractivity contribution in [1.82, 2.24) is 0 Å². The second-order valence-corrected chi connectivity index (χ2v) is 4.98. The van der Waals surface area contributed by atoms with Crippen LogP contribution in [0.15, 0.2) is 54.6 Å². The largest absolute Gasteiger partial charge is 0.213 e. The van der Waals surface area contributed by atoms with Crippen LogP contribution < -0.4 is 4.57 Å². The average molecular weight is 259 g/mol. The minimum absolute atomic E-state index is 0.693. The van der Waals surface area contributed by atoms with Gasteiger partial charge in [-0.15, -0.1) is 0 Å². The fourth-order valence-electron chi connectivity index (χ4n) is 2.58. The van der Waals surface area contributed by atoms with Crippen LogP contribution in [0.2, 0.25) is 0 Å². The second-order valence-electron chi connectivity index (χ2n) is 4.98. The van der Waals surface area contributed by atoms with Gasteiger partial charge in [-0.3, -0.25) is 0 Å². The maximum atomic E-state index is 9.08. The first-order chi connectivity index (χ1) is 9.70. The average Bonchev–Trinajstić information content (AvgIpc) is 2.49. The fourth-order valence-corrected chi connectivity index (χ4v) is 2.58. The van der Waals surface area contributed by atoms with Crippen molar-refractivity contribution in [3.8, 4) is 17.3 Å². The van der Waals surface area contributed by atoms with E-state index in [0.29, 0.717) is 5.56 Å². The lowest BCUT2D eigenvalue weighted by atomic mass is 10.0. The van der Waals surface area contributed by atoms with Crippen molar-refractivity contribution in [2.75, 3.05) is 0 Å². The van der Waals surface area contributed by atoms with Crippen molar-refractivity contribution in [2.45, 2.75) is 6.92 Å². The van der Waals surface area contributed by atoms with Gasteiger partial charge in [0.2, 0.25) is 11.2 Å². The predicted molar refractivity (Wildman–Crippen MR) is 80.0 cm³/mol. The lowest BCUT2D eigenvalue weighted by molar-refractivity contribution is -0.633. The number of fused-ring (bicyclic) bond motifs is 1. The molecule has 0 saturated heterocycles. The summed E-state index contributed by atoms with van der Waals surface area (Å²) in [5.74, 6) is 0. The molecule has 2 nitrogen and oxygen atoms in total. The number of aromatic nitrogens is 1. The van der Waals surface area contributed by atoms with Crippen molar-refractivity contribution in [1.29, 1.82) is 5.26 Å². The number of hydrogen-bond acceptors (Lipinski definition) is 1. The quantitative estimate of drug-likeness (QED) is 0.614. The maximum Gasteiger partial charge on any atom is 0.213 e. The van der Waals surface area contributed by atoms with E-state index in [4.69, 9.17) is 5.26 Å². The topological polar surface area (TPSA) is 27.7 Å². The van der Waals surface area contributed by atoms with Crippen LogP contribution in [0.5, 0.6) is 0 Å². The number of nitriles is 1. The van der Waals surface area contributed by atoms with Crippen LogP contribution in [-0.2, 0) is 7.05 Å². The SMILES string of the molecule is Cc1ccc(C#N)cc1-c1ccc2ccccc2[n+]1C. The highest BCUT2D eigenvalue weighted by Gasteiger charge is 2.15. The van der Waals surface area contributed by atoms with E-state index in [0.717, 1.165) is 11.3 Å². The number of nitrogens with zero attached hydrogens (tertiary/aromatic N) is 2. The number of rotatable bonds is 1. The third-order valence-corrected chi connectivity index (χ3v) is 3.72. The molecule has 0 fully saturated rings. The van der Waals surface area contributed by atoms with Gasteiger partial charge in [-0.05, 0) is 36.8 Å². The lowest BCUT2D eigenvalue weighted by Gasteiger charge is -2.06. The Labute approximate surface area is 118 Å². The third-order valence-electron chi connectivity index (χ3n) is 3.72. The third kappa shape index (κ3) is 1.94. The smallest absolute Gasteiger partial charge is 0.194 e. The van der Waals surface area contributed by atoms with Crippen molar-refractivity contribution in [3.63, 3.8) is 0 Å². The van der Waals surface area contributed by atoms with Gasteiger partial charge < -0.3 is 0 Å². The Kier molecular flexibility index (Phi) is 2.96. The Bertz CT molecular complexity index is 842. The summed E-state index contributed by atoms with van der Waals surface area (Å²) in [5, 5.41) is 10.3. The van der Waals surface area contributed by atoms with E-state index in [2.05, 4.69) is 48.9 Å². The molecule has 1 heterocycles. The zero-order chi connectivity index (χ0) is 14.1. The van der Waals surface area contributed by atoms with Crippen LogP contribution in [-0.4, -0.2) is 0 Å². The second kappa shape index (κ2) is 4.79. The summed E-state index contributed by atoms with van der Waals surface area (Å²) < 4.78 is 2.18. The van der Waals surface area contributed by atoms with E-state index >= 15 is 0 Å². The Balaban J connectivity index is 2.30. The van der Waals surface area contributed by atoms with E-state index in [9.17, 15) is 0 Å². The zero-order valence-corrected chi connectivity index (χ0v) is 11.6. The van der Waals surface area contributed by atoms with Gasteiger partial charge in [-0.1, -0.05) is 18.2 Å². The molecule has 2 heteroatoms. The van der Waals surface area contributed by atoms with Gasteiger partial charge in [0, 0.05) is 17.5 Å². The molecule has 96 valence electrons. The highest BCUT2D eigenvalue weighted by Crippen LogP contribution is 2.23. The monoisotopic (exact) mass is 259 g/mol. The molecule has 0 spiro atoms. The van der Waals surface area contributed by atoms with Gasteiger partial charge in [-0.2, -0.15) is 9.83 Å². The number of benzene rings is 2. The van der Waals surface area contributed by atoms with Gasteiger partial charge in [0.15, 0.2) is 0 Å². The van der Waals surface area contributed by atoms with Crippen molar-refractivity contribution < 1.29 is 4.57 Å². The van der Waals surface area contributed by atoms with E-state index < -0.39 is 0 Å². The Morgan fingerprint density at radius 3 is 2.60 bits per heavy atom. The van der Waals surface area contributed by atoms with Crippen LogP contribution in [0.25, 0.3) is 22.2 Å². The van der Waals surface area contributed by atoms with Gasteiger partial charge in [0.25, 0.3) is 0 Å². The highest BCUT2D eigenvalue weighted by molar-refractivity contribution is 5.78. The summed E-state index contributed by atoms with van der Waals surface area (Å²) in [5.41, 5.74) is 5.29. The zero-order valence-electron chi connectivity index (χ0n) is 11.6. The molecule has 0 atom stereocenters. The fraction of sp³-hybridized carbons (Fsp3) is 0.111. The molecule has 0 aliphatic heterocycles. The highest BCUT2D eigenvalue weighted by atomic mass is 14.9. The standard InChI is InChI=1S/C18H15N2/c1-13-7-8-14(12-19)11-16(13)18-10-9-15-5-3-4-6-17(15)20(18)2/h3-11H,1-2H3/q+1. The number of para-hydroxylation sites is 1. The van der Waals surface area contributed by atoms with E-state index in [1.54, 1.807) is 0 Å². The van der Waals surface area contributed by atoms with Crippen LogP contribution in [0, 0.1) is 18.3 Å². The number of aryl methyl sites for hydroxylation is 2. The first kappa shape index (κ1) is 12.4. The van der Waals surface area contributed by atoms with Crippen LogP contribution in [0.3, 0.4) is 0 Å². The summed E-state index contributed by atoms with van der Waals surface area (Å²) in [6.07, 6.45) is 0. The minimum Gasteiger partial charge on any atom is -0.194 e. The summed E-state index contributed by atoms with van der Waals surface area (Å²) in [4.78, 5) is 0. The summed E-state index contributed by atoms with van der Waals surface area (Å²) in [6.45, 7) is 2.08. The Morgan fingerprint density at radius 1 is 1.00 bits per heavy atom. The molecule has 0 aliphatic carbocycles. The van der Waals surface area contributed by atoms with E-state index in [1.807, 2.05) is 30.3 Å². The van der Waals surface area contributed by atoms with Crippen LogP contribution in [0.1, 0.15) is 11.1 Å². The summed E-state index contributed by atoms with van der Waals surface area (Å²) in [7, 11) is 2.07. The normalized spacial score (nSPS) is 10.4. The molecule has 3 aromatic rings. The Morgan fingerprint density at radius 2 is 1.80 bits per heavy atom. The van der Waals surface area contributed by atoms with Gasteiger partial charge in [-0.25, -0.2) is 0 Å². The molecular weight excluding hydrogens is 244 g/mol. The molecule has 0 saturated carbocycles. The molecule has 0 amide bonds. The van der Waals surface area contributed by atoms with E-state index in [1.165, 1.54) is 16.5 Å². The van der Waals surface area contributed by atoms with Gasteiger partial charge >= 0.3 is 0 Å². The van der Waals surface area contributed by atoms with Crippen molar-refractivity contribution in [3.05, 3.63) is 65.7 Å².